The number of nitrogens with one attached hydrogen (secondary N) is 1. The Morgan fingerprint density at radius 2 is 1.71 bits per heavy atom. The van der Waals surface area contributed by atoms with Crippen molar-refractivity contribution in [2.24, 2.45) is 29.4 Å². The molecule has 3 aliphatic carbocycles. The van der Waals surface area contributed by atoms with Crippen LogP contribution in [0.1, 0.15) is 55.1 Å². The van der Waals surface area contributed by atoms with Gasteiger partial charge in [-0.05, 0) is 64.1 Å². The maximum absolute atomic E-state index is 14.0. The quantitative estimate of drug-likeness (QED) is 0.228. The van der Waals surface area contributed by atoms with E-state index in [0.29, 0.717) is 5.56 Å². The molecule has 220 valence electrons. The Morgan fingerprint density at radius 3 is 2.24 bits per heavy atom. The Hall–Kier alpha value is -3.74. The molecule has 4 rings (SSSR count). The van der Waals surface area contributed by atoms with Gasteiger partial charge in [-0.2, -0.15) is 0 Å². The standard InChI is InChI=1S/C29H35N3O9/c1-11-15-12(8-10-14(34)31-28(2,3)4)7-9-13(33)17(15)22(35)18-16(11)23(36)20-21(32(5)6)24(37)19(27(30)40)26(39)29(20,41)25(18)38/h7-11,16,18-21,23,33,36,41H,1-6H3,(H2,30,40)(H,31,34)/b10-8+/t11-,16+,18?,19?,20+,21-,23-,29-/m0/s1. The molecule has 41 heavy (non-hydrogen) atoms. The molecule has 6 N–H and O–H groups in total. The lowest BCUT2D eigenvalue weighted by Crippen LogP contribution is -2.77. The van der Waals surface area contributed by atoms with E-state index >= 15 is 0 Å². The first-order chi connectivity index (χ1) is 18.9. The summed E-state index contributed by atoms with van der Waals surface area (Å²) in [6, 6.07) is 1.26. The monoisotopic (exact) mass is 569 g/mol. The van der Waals surface area contributed by atoms with Crippen LogP contribution in [0.2, 0.25) is 0 Å². The SMILES string of the molecule is C[C@H]1c2c(/C=C/C(=O)NC(C)(C)C)ccc(O)c2C(=O)C2C(=O)[C@]3(O)C(=O)C(C(N)=O)C(=O)[C@@H](N(C)C)[C@@H]3[C@@H](O)[C@@H]21. The van der Waals surface area contributed by atoms with Crippen molar-refractivity contribution in [2.45, 2.75) is 56.9 Å². The fourth-order valence-corrected chi connectivity index (χ4v) is 6.82. The van der Waals surface area contributed by atoms with Crippen LogP contribution < -0.4 is 11.1 Å². The van der Waals surface area contributed by atoms with Gasteiger partial charge in [-0.3, -0.25) is 33.7 Å². The van der Waals surface area contributed by atoms with Crippen molar-refractivity contribution in [2.75, 3.05) is 14.1 Å². The number of rotatable bonds is 4. The number of hydrogen-bond acceptors (Lipinski definition) is 10. The number of aromatic hydroxyl groups is 1. The van der Waals surface area contributed by atoms with Gasteiger partial charge in [0.05, 0.1) is 29.5 Å². The van der Waals surface area contributed by atoms with Crippen molar-refractivity contribution >= 4 is 41.0 Å². The molecular formula is C29H35N3O9. The topological polar surface area (TPSA) is 204 Å². The third kappa shape index (κ3) is 4.50. The van der Waals surface area contributed by atoms with Crippen molar-refractivity contribution in [1.29, 1.82) is 0 Å². The highest BCUT2D eigenvalue weighted by molar-refractivity contribution is 6.32. The average molecular weight is 570 g/mol. The molecule has 2 fully saturated rings. The summed E-state index contributed by atoms with van der Waals surface area (Å²) in [5, 5.41) is 36.9. The molecule has 0 heterocycles. The molecule has 8 atom stereocenters. The van der Waals surface area contributed by atoms with Gasteiger partial charge in [-0.15, -0.1) is 0 Å². The molecule has 2 unspecified atom stereocenters. The summed E-state index contributed by atoms with van der Waals surface area (Å²) in [5.41, 5.74) is 2.13. The van der Waals surface area contributed by atoms with E-state index in [1.54, 1.807) is 27.7 Å². The Morgan fingerprint density at radius 1 is 1.10 bits per heavy atom. The number of amides is 2. The van der Waals surface area contributed by atoms with Crippen LogP contribution in [0.25, 0.3) is 6.08 Å². The van der Waals surface area contributed by atoms with Gasteiger partial charge in [0.15, 0.2) is 34.7 Å². The van der Waals surface area contributed by atoms with Gasteiger partial charge in [0, 0.05) is 17.5 Å². The summed E-state index contributed by atoms with van der Waals surface area (Å²) in [6.07, 6.45) is 0.963. The number of nitrogens with zero attached hydrogens (tertiary/aromatic N) is 1. The number of fused-ring (bicyclic) bond motifs is 3. The summed E-state index contributed by atoms with van der Waals surface area (Å²) in [6.45, 7) is 7.02. The molecule has 2 saturated carbocycles. The second-order valence-corrected chi connectivity index (χ2v) is 12.4. The van der Waals surface area contributed by atoms with Crippen LogP contribution in [0, 0.1) is 23.7 Å². The van der Waals surface area contributed by atoms with Gasteiger partial charge in [-0.25, -0.2) is 0 Å². The lowest BCUT2D eigenvalue weighted by molar-refractivity contribution is -0.196. The van der Waals surface area contributed by atoms with Crippen LogP contribution in [0.5, 0.6) is 5.75 Å². The number of aliphatic hydroxyl groups excluding tert-OH is 1. The zero-order valence-corrected chi connectivity index (χ0v) is 23.7. The fourth-order valence-electron chi connectivity index (χ4n) is 6.82. The number of phenols is 1. The molecule has 12 nitrogen and oxygen atoms in total. The lowest BCUT2D eigenvalue weighted by Gasteiger charge is -2.56. The molecule has 2 amide bonds. The zero-order chi connectivity index (χ0) is 30.9. The summed E-state index contributed by atoms with van der Waals surface area (Å²) in [7, 11) is 2.85. The summed E-state index contributed by atoms with van der Waals surface area (Å²) >= 11 is 0. The zero-order valence-electron chi connectivity index (χ0n) is 23.7. The second kappa shape index (κ2) is 9.97. The lowest BCUT2D eigenvalue weighted by atomic mass is 9.49. The van der Waals surface area contributed by atoms with E-state index in [-0.39, 0.29) is 11.1 Å². The highest BCUT2D eigenvalue weighted by Crippen LogP contribution is 2.55. The van der Waals surface area contributed by atoms with Crippen LogP contribution in [0.3, 0.4) is 0 Å². The van der Waals surface area contributed by atoms with Crippen molar-refractivity contribution < 1.29 is 44.1 Å². The number of aliphatic hydroxyl groups is 2. The number of nitrogens with two attached hydrogens (primary N) is 1. The Bertz CT molecular complexity index is 1410. The van der Waals surface area contributed by atoms with E-state index in [9.17, 15) is 44.1 Å². The molecule has 0 bridgehead atoms. The van der Waals surface area contributed by atoms with E-state index in [2.05, 4.69) is 5.32 Å². The number of carbonyl (C=O) groups is 6. The Kier molecular flexibility index (Phi) is 7.35. The van der Waals surface area contributed by atoms with Crippen LogP contribution in [-0.4, -0.2) is 92.5 Å². The molecule has 0 saturated heterocycles. The molecule has 12 heteroatoms. The third-order valence-electron chi connectivity index (χ3n) is 8.41. The fraction of sp³-hybridized carbons (Fsp3) is 0.517. The summed E-state index contributed by atoms with van der Waals surface area (Å²) in [4.78, 5) is 80.4. The van der Waals surface area contributed by atoms with Gasteiger partial charge in [0.25, 0.3) is 0 Å². The van der Waals surface area contributed by atoms with Gasteiger partial charge in [-0.1, -0.05) is 13.0 Å². The van der Waals surface area contributed by atoms with Crippen molar-refractivity contribution in [3.8, 4) is 5.75 Å². The summed E-state index contributed by atoms with van der Waals surface area (Å²) in [5.74, 6) is -14.5. The normalized spacial score (nSPS) is 33.4. The third-order valence-corrected chi connectivity index (χ3v) is 8.41. The van der Waals surface area contributed by atoms with E-state index in [0.717, 1.165) is 0 Å². The maximum Gasteiger partial charge on any atom is 0.244 e. The molecule has 1 aromatic carbocycles. The number of likely N-dealkylation sites (N-methyl/N-ethyl adjacent to an activating group) is 1. The number of Topliss-reactive ketones (excluding diaryl/α,β-unsaturated/α-hetero) is 4. The van der Waals surface area contributed by atoms with Gasteiger partial charge < -0.3 is 26.4 Å². The van der Waals surface area contributed by atoms with Gasteiger partial charge in [0.2, 0.25) is 11.8 Å². The molecule has 1 aromatic rings. The van der Waals surface area contributed by atoms with Crippen LogP contribution in [0.4, 0.5) is 0 Å². The van der Waals surface area contributed by atoms with Crippen LogP contribution in [-0.2, 0) is 24.0 Å². The second-order valence-electron chi connectivity index (χ2n) is 12.4. The molecule has 3 aliphatic rings. The predicted molar refractivity (Wildman–Crippen MR) is 144 cm³/mol. The Balaban J connectivity index is 1.89. The average Bonchev–Trinajstić information content (AvgIpc) is 2.84. The minimum absolute atomic E-state index is 0.241. The largest absolute Gasteiger partial charge is 0.507 e. The molecule has 0 aromatic heterocycles. The van der Waals surface area contributed by atoms with Gasteiger partial charge >= 0.3 is 0 Å². The molecule has 0 spiro atoms. The van der Waals surface area contributed by atoms with Gasteiger partial charge in [0.1, 0.15) is 5.75 Å². The number of phenolic OH excluding ortho intramolecular Hbond substituents is 1. The first kappa shape index (κ1) is 30.2. The first-order valence-electron chi connectivity index (χ1n) is 13.2. The van der Waals surface area contributed by atoms with Crippen molar-refractivity contribution in [3.05, 3.63) is 34.9 Å². The van der Waals surface area contributed by atoms with E-state index in [1.165, 1.54) is 43.3 Å². The molecular weight excluding hydrogens is 534 g/mol. The van der Waals surface area contributed by atoms with E-state index < -0.39 is 93.6 Å². The van der Waals surface area contributed by atoms with Crippen LogP contribution in [0.15, 0.2) is 18.2 Å². The number of carbonyl (C=O) groups excluding carboxylic acids is 6. The smallest absolute Gasteiger partial charge is 0.244 e. The first-order valence-corrected chi connectivity index (χ1v) is 13.2. The predicted octanol–water partition coefficient (Wildman–Crippen LogP) is -0.673. The van der Waals surface area contributed by atoms with Crippen molar-refractivity contribution in [3.63, 3.8) is 0 Å². The Labute approximate surface area is 236 Å². The highest BCUT2D eigenvalue weighted by Gasteiger charge is 2.73. The molecule has 0 aliphatic heterocycles. The summed E-state index contributed by atoms with van der Waals surface area (Å²) < 4.78 is 0. The van der Waals surface area contributed by atoms with E-state index in [4.69, 9.17) is 5.73 Å². The molecule has 0 radical (unpaired) electrons. The van der Waals surface area contributed by atoms with Crippen molar-refractivity contribution in [1.82, 2.24) is 10.2 Å². The number of primary amides is 1. The minimum atomic E-state index is -3.06. The number of benzene rings is 1. The highest BCUT2D eigenvalue weighted by atomic mass is 16.3. The number of hydrogen-bond donors (Lipinski definition) is 5. The van der Waals surface area contributed by atoms with E-state index in [1.807, 2.05) is 0 Å². The maximum atomic E-state index is 14.0. The minimum Gasteiger partial charge on any atom is -0.507 e. The van der Waals surface area contributed by atoms with Crippen LogP contribution >= 0.6 is 0 Å². The number of ketones is 4.